The lowest BCUT2D eigenvalue weighted by molar-refractivity contribution is -0.123. The fourth-order valence-electron chi connectivity index (χ4n) is 2.33. The van der Waals surface area contributed by atoms with Crippen LogP contribution in [0.1, 0.15) is 6.92 Å². The fraction of sp³-hybridized carbons (Fsp3) is 0.462. The van der Waals surface area contributed by atoms with Crippen molar-refractivity contribution < 1.29 is 13.2 Å². The number of carbonyl (C=O) groups excluding carboxylic acids is 1. The van der Waals surface area contributed by atoms with Crippen molar-refractivity contribution in [2.24, 2.45) is 5.73 Å². The molecule has 1 aromatic rings. The highest BCUT2D eigenvalue weighted by Gasteiger charge is 2.32. The lowest BCUT2D eigenvalue weighted by Crippen LogP contribution is -2.54. The number of carbonyl (C=O) groups is 1. The van der Waals surface area contributed by atoms with Crippen molar-refractivity contribution in [3.63, 3.8) is 0 Å². The van der Waals surface area contributed by atoms with Gasteiger partial charge in [0.15, 0.2) is 0 Å². The maximum absolute atomic E-state index is 12.6. The molecule has 1 aliphatic rings. The number of nitrogens with zero attached hydrogens (tertiary/aromatic N) is 2. The summed E-state index contributed by atoms with van der Waals surface area (Å²) in [6, 6.07) is 4.10. The van der Waals surface area contributed by atoms with Crippen LogP contribution in [0, 0.1) is 0 Å². The summed E-state index contributed by atoms with van der Waals surface area (Å²) in [5, 5.41) is 0.223. The number of primary amides is 1. The van der Waals surface area contributed by atoms with Crippen molar-refractivity contribution >= 4 is 39.1 Å². The van der Waals surface area contributed by atoms with Crippen molar-refractivity contribution in [1.29, 1.82) is 0 Å². The number of hydrogen-bond donors (Lipinski definition) is 1. The molecule has 1 unspecified atom stereocenters. The Morgan fingerprint density at radius 1 is 1.23 bits per heavy atom. The van der Waals surface area contributed by atoms with Crippen LogP contribution in [0.5, 0.6) is 0 Å². The number of amides is 1. The van der Waals surface area contributed by atoms with Gasteiger partial charge in [0, 0.05) is 26.2 Å². The topological polar surface area (TPSA) is 83.7 Å². The van der Waals surface area contributed by atoms with Gasteiger partial charge in [-0.1, -0.05) is 29.3 Å². The average molecular weight is 366 g/mol. The van der Waals surface area contributed by atoms with Crippen molar-refractivity contribution in [2.45, 2.75) is 17.9 Å². The number of rotatable bonds is 4. The molecular formula is C13H17Cl2N3O3S. The van der Waals surface area contributed by atoms with Gasteiger partial charge in [-0.15, -0.1) is 0 Å². The summed E-state index contributed by atoms with van der Waals surface area (Å²) in [6.07, 6.45) is 0. The molecule has 1 fully saturated rings. The van der Waals surface area contributed by atoms with Crippen molar-refractivity contribution in [1.82, 2.24) is 9.21 Å². The van der Waals surface area contributed by atoms with E-state index in [1.54, 1.807) is 13.0 Å². The Morgan fingerprint density at radius 2 is 1.82 bits per heavy atom. The third-order valence-corrected chi connectivity index (χ3v) is 6.64. The van der Waals surface area contributed by atoms with Gasteiger partial charge in [-0.25, -0.2) is 8.42 Å². The van der Waals surface area contributed by atoms with Gasteiger partial charge in [0.05, 0.1) is 16.1 Å². The van der Waals surface area contributed by atoms with E-state index in [0.29, 0.717) is 13.1 Å². The van der Waals surface area contributed by atoms with E-state index in [-0.39, 0.29) is 28.0 Å². The van der Waals surface area contributed by atoms with E-state index >= 15 is 0 Å². The first-order chi connectivity index (χ1) is 10.2. The quantitative estimate of drug-likeness (QED) is 0.867. The monoisotopic (exact) mass is 365 g/mol. The summed E-state index contributed by atoms with van der Waals surface area (Å²) < 4.78 is 26.6. The van der Waals surface area contributed by atoms with Gasteiger partial charge in [0.25, 0.3) is 0 Å². The number of sulfonamides is 1. The van der Waals surface area contributed by atoms with Crippen LogP contribution < -0.4 is 5.73 Å². The Kier molecular flexibility index (Phi) is 5.34. The third-order valence-electron chi connectivity index (χ3n) is 3.77. The van der Waals surface area contributed by atoms with Gasteiger partial charge in [-0.2, -0.15) is 4.31 Å². The number of nitrogens with two attached hydrogens (primary N) is 1. The Morgan fingerprint density at radius 3 is 2.36 bits per heavy atom. The van der Waals surface area contributed by atoms with Crippen LogP contribution in [-0.2, 0) is 14.8 Å². The molecular weight excluding hydrogens is 349 g/mol. The molecule has 2 N–H and O–H groups in total. The molecule has 1 amide bonds. The van der Waals surface area contributed by atoms with Crippen LogP contribution in [0.3, 0.4) is 0 Å². The predicted molar refractivity (Wildman–Crippen MR) is 85.5 cm³/mol. The zero-order valence-electron chi connectivity index (χ0n) is 12.0. The highest BCUT2D eigenvalue weighted by Crippen LogP contribution is 2.31. The number of hydrogen-bond acceptors (Lipinski definition) is 4. The zero-order chi connectivity index (χ0) is 16.5. The lowest BCUT2D eigenvalue weighted by atomic mass is 10.2. The molecule has 0 aromatic heterocycles. The first-order valence-corrected chi connectivity index (χ1v) is 8.92. The van der Waals surface area contributed by atoms with E-state index in [1.807, 2.05) is 4.90 Å². The molecule has 22 heavy (non-hydrogen) atoms. The van der Waals surface area contributed by atoms with Crippen molar-refractivity contribution in [3.8, 4) is 0 Å². The summed E-state index contributed by atoms with van der Waals surface area (Å²) in [6.45, 7) is 3.11. The van der Waals surface area contributed by atoms with Crippen LogP contribution in [0.2, 0.25) is 10.0 Å². The maximum atomic E-state index is 12.6. The molecule has 0 bridgehead atoms. The average Bonchev–Trinajstić information content (AvgIpc) is 2.49. The molecule has 0 radical (unpaired) electrons. The van der Waals surface area contributed by atoms with E-state index in [0.717, 1.165) is 0 Å². The van der Waals surface area contributed by atoms with Gasteiger partial charge in [-0.3, -0.25) is 9.69 Å². The van der Waals surface area contributed by atoms with Crippen LogP contribution in [0.4, 0.5) is 0 Å². The van der Waals surface area contributed by atoms with Gasteiger partial charge < -0.3 is 5.73 Å². The Bertz CT molecular complexity index is 673. The van der Waals surface area contributed by atoms with Crippen molar-refractivity contribution in [3.05, 3.63) is 28.2 Å². The van der Waals surface area contributed by atoms with E-state index in [9.17, 15) is 13.2 Å². The number of halogens is 2. The van der Waals surface area contributed by atoms with Crippen LogP contribution >= 0.6 is 23.2 Å². The van der Waals surface area contributed by atoms with E-state index in [4.69, 9.17) is 28.9 Å². The van der Waals surface area contributed by atoms with Crippen LogP contribution in [0.25, 0.3) is 0 Å². The van der Waals surface area contributed by atoms with Gasteiger partial charge in [0.1, 0.15) is 4.90 Å². The maximum Gasteiger partial charge on any atom is 0.244 e. The predicted octanol–water partition coefficient (Wildman–Crippen LogP) is 1.17. The Balaban J connectivity index is 2.16. The first kappa shape index (κ1) is 17.5. The lowest BCUT2D eigenvalue weighted by Gasteiger charge is -2.36. The molecule has 1 atom stereocenters. The summed E-state index contributed by atoms with van der Waals surface area (Å²) in [4.78, 5) is 13.1. The minimum absolute atomic E-state index is 0.00179. The molecule has 1 saturated heterocycles. The van der Waals surface area contributed by atoms with Crippen LogP contribution in [-0.4, -0.2) is 55.8 Å². The minimum Gasteiger partial charge on any atom is -0.368 e. The minimum atomic E-state index is -3.71. The highest BCUT2D eigenvalue weighted by atomic mass is 35.5. The molecule has 2 rings (SSSR count). The standard InChI is InChI=1S/C13H17Cl2N3O3S/c1-9(13(16)19)17-5-7-18(8-6-17)22(20,21)11-4-2-3-10(14)12(11)15/h2-4,9H,5-8H2,1H3,(H2,16,19). The summed E-state index contributed by atoms with van der Waals surface area (Å²) in [5.41, 5.74) is 5.27. The zero-order valence-corrected chi connectivity index (χ0v) is 14.3. The van der Waals surface area contributed by atoms with E-state index in [1.165, 1.54) is 16.4 Å². The molecule has 122 valence electrons. The molecule has 0 spiro atoms. The first-order valence-electron chi connectivity index (χ1n) is 6.72. The van der Waals surface area contributed by atoms with E-state index in [2.05, 4.69) is 0 Å². The van der Waals surface area contributed by atoms with Crippen LogP contribution in [0.15, 0.2) is 23.1 Å². The normalized spacial score (nSPS) is 19.0. The van der Waals surface area contributed by atoms with Crippen molar-refractivity contribution in [2.75, 3.05) is 26.2 Å². The number of piperazine rings is 1. The largest absolute Gasteiger partial charge is 0.368 e. The van der Waals surface area contributed by atoms with Gasteiger partial charge in [-0.05, 0) is 19.1 Å². The van der Waals surface area contributed by atoms with Gasteiger partial charge in [0.2, 0.25) is 15.9 Å². The Labute approximate surface area is 139 Å². The van der Waals surface area contributed by atoms with E-state index < -0.39 is 22.0 Å². The highest BCUT2D eigenvalue weighted by molar-refractivity contribution is 7.89. The second-order valence-electron chi connectivity index (χ2n) is 5.07. The molecule has 1 heterocycles. The summed E-state index contributed by atoms with van der Waals surface area (Å²) in [5.74, 6) is -0.422. The molecule has 9 heteroatoms. The molecule has 0 saturated carbocycles. The second kappa shape index (κ2) is 6.72. The summed E-state index contributed by atoms with van der Waals surface area (Å²) >= 11 is 11.9. The molecule has 1 aromatic carbocycles. The second-order valence-corrected chi connectivity index (χ2v) is 7.76. The molecule has 6 nitrogen and oxygen atoms in total. The smallest absolute Gasteiger partial charge is 0.244 e. The fourth-order valence-corrected chi connectivity index (χ4v) is 4.49. The van der Waals surface area contributed by atoms with Gasteiger partial charge >= 0.3 is 0 Å². The third kappa shape index (κ3) is 3.38. The molecule has 0 aliphatic carbocycles. The Hall–Kier alpha value is -0.860. The molecule has 1 aliphatic heterocycles. The summed E-state index contributed by atoms with van der Waals surface area (Å²) in [7, 11) is -3.71. The SMILES string of the molecule is CC(C(N)=O)N1CCN(S(=O)(=O)c2cccc(Cl)c2Cl)CC1. The number of benzene rings is 1.